The first-order valence-electron chi connectivity index (χ1n) is 9.63. The number of hydrogen-bond acceptors (Lipinski definition) is 3. The lowest BCUT2D eigenvalue weighted by Crippen LogP contribution is -2.45. The number of amides is 1. The van der Waals surface area contributed by atoms with E-state index in [9.17, 15) is 18.4 Å². The summed E-state index contributed by atoms with van der Waals surface area (Å²) in [6.07, 6.45) is 5.55. The molecule has 0 aliphatic carbocycles. The van der Waals surface area contributed by atoms with E-state index in [0.717, 1.165) is 19.4 Å². The molecule has 3 rings (SSSR count). The van der Waals surface area contributed by atoms with Crippen LogP contribution >= 0.6 is 0 Å². The Labute approximate surface area is 163 Å². The van der Waals surface area contributed by atoms with Crippen molar-refractivity contribution < 1.29 is 18.4 Å². The van der Waals surface area contributed by atoms with Crippen LogP contribution in [0.3, 0.4) is 0 Å². The summed E-state index contributed by atoms with van der Waals surface area (Å²) in [5.41, 5.74) is 1.52. The number of nitrogens with zero attached hydrogens (tertiary/aromatic N) is 1. The van der Waals surface area contributed by atoms with Gasteiger partial charge in [0.25, 0.3) is 5.91 Å². The molecule has 1 amide bonds. The average Bonchev–Trinajstić information content (AvgIpc) is 3.11. The molecule has 7 heteroatoms. The molecule has 2 heterocycles. The number of benzene rings is 1. The molecule has 0 bridgehead atoms. The van der Waals surface area contributed by atoms with Crippen LogP contribution in [0, 0.1) is 5.82 Å². The van der Waals surface area contributed by atoms with Crippen LogP contribution in [0.1, 0.15) is 41.6 Å². The SMILES string of the molecule is O=C(CCCF)Cc1cn(-c2cccc(F)c2)cc1C(=O)N[C@H]1CCCNC1. The van der Waals surface area contributed by atoms with E-state index in [1.54, 1.807) is 29.1 Å². The number of nitrogens with one attached hydrogen (secondary N) is 2. The molecule has 1 fully saturated rings. The first-order valence-corrected chi connectivity index (χ1v) is 9.63. The lowest BCUT2D eigenvalue weighted by atomic mass is 10.0. The lowest BCUT2D eigenvalue weighted by Gasteiger charge is -2.23. The van der Waals surface area contributed by atoms with E-state index in [4.69, 9.17) is 0 Å². The van der Waals surface area contributed by atoms with Crippen LogP contribution in [0.25, 0.3) is 5.69 Å². The van der Waals surface area contributed by atoms with Crippen molar-refractivity contribution in [3.05, 3.63) is 53.6 Å². The summed E-state index contributed by atoms with van der Waals surface area (Å²) in [6.45, 7) is 1.11. The predicted molar refractivity (Wildman–Crippen MR) is 103 cm³/mol. The highest BCUT2D eigenvalue weighted by molar-refractivity contribution is 5.97. The van der Waals surface area contributed by atoms with Gasteiger partial charge in [-0.25, -0.2) is 4.39 Å². The maximum absolute atomic E-state index is 13.6. The van der Waals surface area contributed by atoms with Crippen LogP contribution < -0.4 is 10.6 Å². The molecule has 0 unspecified atom stereocenters. The van der Waals surface area contributed by atoms with Gasteiger partial charge in [-0.15, -0.1) is 0 Å². The Morgan fingerprint density at radius 3 is 2.86 bits per heavy atom. The minimum absolute atomic E-state index is 0.0360. The Bertz CT molecular complexity index is 829. The van der Waals surface area contributed by atoms with Crippen molar-refractivity contribution in [3.8, 4) is 5.69 Å². The minimum atomic E-state index is -0.544. The number of hydrogen-bond donors (Lipinski definition) is 2. The molecule has 2 N–H and O–H groups in total. The van der Waals surface area contributed by atoms with E-state index in [-0.39, 0.29) is 42.8 Å². The van der Waals surface area contributed by atoms with Crippen molar-refractivity contribution in [3.63, 3.8) is 0 Å². The van der Waals surface area contributed by atoms with Crippen LogP contribution in [0.2, 0.25) is 0 Å². The van der Waals surface area contributed by atoms with Gasteiger partial charge in [0.15, 0.2) is 0 Å². The number of Topliss-reactive ketones (excluding diaryl/α,β-unsaturated/α-hetero) is 1. The minimum Gasteiger partial charge on any atom is -0.348 e. The second kappa shape index (κ2) is 9.59. The van der Waals surface area contributed by atoms with Crippen molar-refractivity contribution in [2.24, 2.45) is 0 Å². The fraction of sp³-hybridized carbons (Fsp3) is 0.429. The van der Waals surface area contributed by atoms with Crippen LogP contribution in [0.15, 0.2) is 36.7 Å². The topological polar surface area (TPSA) is 63.1 Å². The van der Waals surface area contributed by atoms with Crippen LogP contribution in [0.5, 0.6) is 0 Å². The summed E-state index contributed by atoms with van der Waals surface area (Å²) in [5.74, 6) is -0.758. The smallest absolute Gasteiger partial charge is 0.253 e. The standard InChI is InChI=1S/C21H25F2N3O2/c22-8-2-7-19(27)10-15-13-26(18-6-1-4-16(23)11-18)14-20(15)21(28)25-17-5-3-9-24-12-17/h1,4,6,11,13-14,17,24H,2-3,5,7-10,12H2,(H,25,28)/t17-/m0/s1. The molecular formula is C21H25F2N3O2. The highest BCUT2D eigenvalue weighted by atomic mass is 19.1. The van der Waals surface area contributed by atoms with Crippen molar-refractivity contribution in [1.82, 2.24) is 15.2 Å². The average molecular weight is 389 g/mol. The summed E-state index contributed by atoms with van der Waals surface area (Å²) in [5, 5.41) is 6.26. The second-order valence-electron chi connectivity index (χ2n) is 7.11. The van der Waals surface area contributed by atoms with E-state index in [2.05, 4.69) is 10.6 Å². The summed E-state index contributed by atoms with van der Waals surface area (Å²) in [7, 11) is 0. The van der Waals surface area contributed by atoms with E-state index in [1.807, 2.05) is 0 Å². The van der Waals surface area contributed by atoms with Gasteiger partial charge < -0.3 is 15.2 Å². The molecular weight excluding hydrogens is 364 g/mol. The summed E-state index contributed by atoms with van der Waals surface area (Å²) >= 11 is 0. The zero-order valence-electron chi connectivity index (χ0n) is 15.7. The first-order chi connectivity index (χ1) is 13.6. The third-order valence-electron chi connectivity index (χ3n) is 4.87. The summed E-state index contributed by atoms with van der Waals surface area (Å²) in [4.78, 5) is 25.0. The first kappa shape index (κ1) is 20.2. The van der Waals surface area contributed by atoms with Crippen LogP contribution in [-0.4, -0.2) is 42.1 Å². The van der Waals surface area contributed by atoms with E-state index in [1.165, 1.54) is 12.1 Å². The predicted octanol–water partition coefficient (Wildman–Crippen LogP) is 2.96. The van der Waals surface area contributed by atoms with Crippen molar-refractivity contribution in [2.75, 3.05) is 19.8 Å². The Morgan fingerprint density at radius 2 is 2.14 bits per heavy atom. The molecule has 1 atom stereocenters. The molecule has 1 aliphatic heterocycles. The van der Waals surface area contributed by atoms with Gasteiger partial charge in [0, 0.05) is 43.5 Å². The summed E-state index contributed by atoms with van der Waals surface area (Å²) < 4.78 is 27.6. The molecule has 1 aromatic heterocycles. The fourth-order valence-electron chi connectivity index (χ4n) is 3.43. The van der Waals surface area contributed by atoms with Gasteiger partial charge in [-0.05, 0) is 49.6 Å². The Balaban J connectivity index is 1.84. The number of halogens is 2. The Morgan fingerprint density at radius 1 is 1.29 bits per heavy atom. The quantitative estimate of drug-likeness (QED) is 0.730. The molecule has 1 aromatic carbocycles. The van der Waals surface area contributed by atoms with E-state index < -0.39 is 6.67 Å². The van der Waals surface area contributed by atoms with Gasteiger partial charge in [-0.3, -0.25) is 14.0 Å². The molecule has 0 saturated carbocycles. The van der Waals surface area contributed by atoms with Gasteiger partial charge >= 0.3 is 0 Å². The zero-order valence-corrected chi connectivity index (χ0v) is 15.7. The lowest BCUT2D eigenvalue weighted by molar-refractivity contribution is -0.118. The molecule has 0 radical (unpaired) electrons. The highest BCUT2D eigenvalue weighted by Gasteiger charge is 2.21. The largest absolute Gasteiger partial charge is 0.348 e. The van der Waals surface area contributed by atoms with Crippen molar-refractivity contribution in [1.29, 1.82) is 0 Å². The van der Waals surface area contributed by atoms with Gasteiger partial charge in [-0.2, -0.15) is 0 Å². The maximum Gasteiger partial charge on any atom is 0.253 e. The number of ketones is 1. The van der Waals surface area contributed by atoms with E-state index >= 15 is 0 Å². The molecule has 28 heavy (non-hydrogen) atoms. The molecule has 1 saturated heterocycles. The third-order valence-corrected chi connectivity index (χ3v) is 4.87. The Kier molecular flexibility index (Phi) is 6.92. The van der Waals surface area contributed by atoms with Gasteiger partial charge in [-0.1, -0.05) is 6.07 Å². The van der Waals surface area contributed by atoms with Gasteiger partial charge in [0.2, 0.25) is 0 Å². The van der Waals surface area contributed by atoms with Crippen LogP contribution in [-0.2, 0) is 11.2 Å². The highest BCUT2D eigenvalue weighted by Crippen LogP contribution is 2.19. The number of alkyl halides is 1. The number of aromatic nitrogens is 1. The normalized spacial score (nSPS) is 16.7. The zero-order chi connectivity index (χ0) is 19.9. The molecule has 150 valence electrons. The number of rotatable bonds is 8. The van der Waals surface area contributed by atoms with Gasteiger partial charge in [0.1, 0.15) is 11.6 Å². The number of carbonyl (C=O) groups excluding carboxylic acids is 2. The van der Waals surface area contributed by atoms with Gasteiger partial charge in [0.05, 0.1) is 12.2 Å². The van der Waals surface area contributed by atoms with Crippen molar-refractivity contribution >= 4 is 11.7 Å². The fourth-order valence-corrected chi connectivity index (χ4v) is 3.43. The Hall–Kier alpha value is -2.54. The van der Waals surface area contributed by atoms with Crippen molar-refractivity contribution in [2.45, 2.75) is 38.1 Å². The van der Waals surface area contributed by atoms with Crippen LogP contribution in [0.4, 0.5) is 8.78 Å². The maximum atomic E-state index is 13.6. The summed E-state index contributed by atoms with van der Waals surface area (Å²) in [6, 6.07) is 6.06. The second-order valence-corrected chi connectivity index (χ2v) is 7.11. The number of piperidine rings is 1. The third kappa shape index (κ3) is 5.25. The molecule has 1 aliphatic rings. The number of carbonyl (C=O) groups is 2. The molecule has 5 nitrogen and oxygen atoms in total. The molecule has 2 aromatic rings. The molecule has 0 spiro atoms. The monoisotopic (exact) mass is 389 g/mol. The van der Waals surface area contributed by atoms with E-state index in [0.29, 0.717) is 23.4 Å².